The maximum absolute atomic E-state index is 13.8. The lowest BCUT2D eigenvalue weighted by Crippen LogP contribution is -2.45. The number of hydrogen-bond donors (Lipinski definition) is 2. The molecule has 1 aliphatic rings. The fourth-order valence-electron chi connectivity index (χ4n) is 4.63. The topological polar surface area (TPSA) is 82.3 Å². The van der Waals surface area contributed by atoms with Crippen molar-refractivity contribution in [2.24, 2.45) is 0 Å². The quantitative estimate of drug-likeness (QED) is 0.346. The van der Waals surface area contributed by atoms with E-state index >= 15 is 0 Å². The van der Waals surface area contributed by atoms with Crippen molar-refractivity contribution in [3.63, 3.8) is 0 Å². The Kier molecular flexibility index (Phi) is 5.05. The first-order valence-corrected chi connectivity index (χ1v) is 10.9. The van der Waals surface area contributed by atoms with Gasteiger partial charge >= 0.3 is 6.03 Å². The maximum atomic E-state index is 13.8. The van der Waals surface area contributed by atoms with Gasteiger partial charge in [-0.1, -0.05) is 85.8 Å². The third kappa shape index (κ3) is 3.22. The summed E-state index contributed by atoms with van der Waals surface area (Å²) in [5, 5.41) is 3.68. The van der Waals surface area contributed by atoms with Crippen molar-refractivity contribution in [2.75, 3.05) is 6.54 Å². The van der Waals surface area contributed by atoms with Crippen LogP contribution in [0, 0.1) is 0 Å². The molecule has 1 fully saturated rings. The molecular formula is C27H23N3O3. The van der Waals surface area contributed by atoms with Crippen LogP contribution < -0.4 is 5.32 Å². The van der Waals surface area contributed by atoms with Crippen molar-refractivity contribution in [3.05, 3.63) is 107 Å². The summed E-state index contributed by atoms with van der Waals surface area (Å²) in [6, 6.07) is 23.4. The zero-order valence-electron chi connectivity index (χ0n) is 18.2. The summed E-state index contributed by atoms with van der Waals surface area (Å²) in [6.07, 6.45) is 2.49. The predicted molar refractivity (Wildman–Crippen MR) is 126 cm³/mol. The Morgan fingerprint density at radius 3 is 2.12 bits per heavy atom. The van der Waals surface area contributed by atoms with Crippen molar-refractivity contribution >= 4 is 28.6 Å². The minimum atomic E-state index is -1.38. The Morgan fingerprint density at radius 1 is 0.879 bits per heavy atom. The Bertz CT molecular complexity index is 1320. The molecule has 0 unspecified atom stereocenters. The number of carbonyl (C=O) groups excluding carboxylic acids is 3. The summed E-state index contributed by atoms with van der Waals surface area (Å²) in [5.74, 6) is -0.762. The van der Waals surface area contributed by atoms with E-state index in [0.717, 1.165) is 27.8 Å². The van der Waals surface area contributed by atoms with Gasteiger partial charge in [-0.15, -0.1) is 0 Å². The molecule has 33 heavy (non-hydrogen) atoms. The summed E-state index contributed by atoms with van der Waals surface area (Å²) < 4.78 is 0. The van der Waals surface area contributed by atoms with Gasteiger partial charge in [-0.2, -0.15) is 0 Å². The Labute approximate surface area is 191 Å². The van der Waals surface area contributed by atoms with E-state index in [4.69, 9.17) is 0 Å². The standard InChI is InChI=1S/C27H23N3O3/c1-2-18-10-9-15-21-22(16-28-24(18)21)23(31)17-30-25(32)27(29-26(30)33,19-11-5-3-6-12-19)20-13-7-4-8-14-20/h3-16,28H,2,17H2,1H3,(H,29,33). The van der Waals surface area contributed by atoms with Crippen LogP contribution in [0.4, 0.5) is 4.79 Å². The SMILES string of the molecule is CCc1cccc2c(C(=O)CN3C(=O)NC(c4ccccc4)(c4ccccc4)C3=O)c[nH]c12. The van der Waals surface area contributed by atoms with Crippen LogP contribution in [-0.2, 0) is 16.8 Å². The molecule has 4 aromatic rings. The molecule has 0 saturated carbocycles. The van der Waals surface area contributed by atoms with Crippen molar-refractivity contribution in [3.8, 4) is 0 Å². The normalized spacial score (nSPS) is 15.1. The largest absolute Gasteiger partial charge is 0.360 e. The summed E-state index contributed by atoms with van der Waals surface area (Å²) in [7, 11) is 0. The van der Waals surface area contributed by atoms with Crippen LogP contribution in [0.1, 0.15) is 34.0 Å². The molecule has 164 valence electrons. The van der Waals surface area contributed by atoms with Crippen LogP contribution in [0.3, 0.4) is 0 Å². The van der Waals surface area contributed by atoms with Gasteiger partial charge in [0.05, 0.1) is 6.54 Å². The van der Waals surface area contributed by atoms with Crippen LogP contribution in [-0.4, -0.2) is 34.2 Å². The van der Waals surface area contributed by atoms with Gasteiger partial charge in [0, 0.05) is 22.7 Å². The molecule has 1 saturated heterocycles. The number of nitrogens with zero attached hydrogens (tertiary/aromatic N) is 1. The molecule has 0 radical (unpaired) electrons. The molecule has 3 aromatic carbocycles. The lowest BCUT2D eigenvalue weighted by atomic mass is 9.82. The van der Waals surface area contributed by atoms with Crippen LogP contribution >= 0.6 is 0 Å². The number of para-hydroxylation sites is 1. The van der Waals surface area contributed by atoms with E-state index in [9.17, 15) is 14.4 Å². The zero-order chi connectivity index (χ0) is 23.0. The second kappa shape index (κ2) is 8.06. The third-order valence-corrected chi connectivity index (χ3v) is 6.30. The molecule has 2 N–H and O–H groups in total. The molecule has 6 heteroatoms. The number of H-pyrrole nitrogens is 1. The lowest BCUT2D eigenvalue weighted by Gasteiger charge is -2.27. The monoisotopic (exact) mass is 437 g/mol. The number of benzene rings is 3. The van der Waals surface area contributed by atoms with Crippen LogP contribution in [0.25, 0.3) is 10.9 Å². The Hall–Kier alpha value is -4.19. The van der Waals surface area contributed by atoms with E-state index in [-0.39, 0.29) is 12.3 Å². The van der Waals surface area contributed by atoms with E-state index in [1.54, 1.807) is 6.20 Å². The number of hydrogen-bond acceptors (Lipinski definition) is 3. The minimum Gasteiger partial charge on any atom is -0.360 e. The predicted octanol–water partition coefficient (Wildman–Crippen LogP) is 4.41. The van der Waals surface area contributed by atoms with Gasteiger partial charge in [0.25, 0.3) is 5.91 Å². The lowest BCUT2D eigenvalue weighted by molar-refractivity contribution is -0.129. The van der Waals surface area contributed by atoms with Gasteiger partial charge < -0.3 is 10.3 Å². The molecule has 2 heterocycles. The molecule has 0 atom stereocenters. The van der Waals surface area contributed by atoms with Gasteiger partial charge in [0.2, 0.25) is 0 Å². The fourth-order valence-corrected chi connectivity index (χ4v) is 4.63. The molecule has 0 bridgehead atoms. The summed E-state index contributed by atoms with van der Waals surface area (Å²) in [4.78, 5) is 44.3. The number of aryl methyl sites for hydroxylation is 1. The first-order valence-electron chi connectivity index (χ1n) is 10.9. The fraction of sp³-hybridized carbons (Fsp3) is 0.148. The van der Waals surface area contributed by atoms with Gasteiger partial charge in [-0.05, 0) is 23.1 Å². The first-order chi connectivity index (χ1) is 16.1. The number of nitrogens with one attached hydrogen (secondary N) is 2. The molecule has 5 rings (SSSR count). The van der Waals surface area contributed by atoms with E-state index in [0.29, 0.717) is 16.7 Å². The van der Waals surface area contributed by atoms with Gasteiger partial charge in [-0.3, -0.25) is 14.5 Å². The molecule has 3 amide bonds. The molecule has 0 spiro atoms. The highest BCUT2D eigenvalue weighted by atomic mass is 16.2. The van der Waals surface area contributed by atoms with Crippen LogP contribution in [0.2, 0.25) is 0 Å². The molecule has 1 aliphatic heterocycles. The number of rotatable bonds is 6. The van der Waals surface area contributed by atoms with E-state index in [2.05, 4.69) is 17.2 Å². The highest BCUT2D eigenvalue weighted by Gasteiger charge is 2.54. The van der Waals surface area contributed by atoms with Crippen molar-refractivity contribution in [1.82, 2.24) is 15.2 Å². The van der Waals surface area contributed by atoms with Crippen molar-refractivity contribution < 1.29 is 14.4 Å². The van der Waals surface area contributed by atoms with Crippen LogP contribution in [0.15, 0.2) is 85.1 Å². The maximum Gasteiger partial charge on any atom is 0.325 e. The highest BCUT2D eigenvalue weighted by molar-refractivity contribution is 6.15. The number of fused-ring (bicyclic) bond motifs is 1. The number of aromatic amines is 1. The first kappa shape index (κ1) is 20.7. The number of carbonyl (C=O) groups is 3. The Morgan fingerprint density at radius 2 is 1.52 bits per heavy atom. The van der Waals surface area contributed by atoms with Crippen LogP contribution in [0.5, 0.6) is 0 Å². The zero-order valence-corrected chi connectivity index (χ0v) is 18.2. The number of amides is 3. The Balaban J connectivity index is 1.52. The van der Waals surface area contributed by atoms with Crippen molar-refractivity contribution in [1.29, 1.82) is 0 Å². The second-order valence-electron chi connectivity index (χ2n) is 8.12. The average molecular weight is 437 g/mol. The third-order valence-electron chi connectivity index (χ3n) is 6.30. The number of aromatic nitrogens is 1. The van der Waals surface area contributed by atoms with E-state index in [1.165, 1.54) is 0 Å². The second-order valence-corrected chi connectivity index (χ2v) is 8.12. The number of ketones is 1. The summed E-state index contributed by atoms with van der Waals surface area (Å²) in [6.45, 7) is 1.71. The molecule has 0 aliphatic carbocycles. The number of imide groups is 1. The summed E-state index contributed by atoms with van der Waals surface area (Å²) >= 11 is 0. The van der Waals surface area contributed by atoms with Gasteiger partial charge in [-0.25, -0.2) is 4.79 Å². The van der Waals surface area contributed by atoms with Gasteiger partial charge in [0.1, 0.15) is 0 Å². The molecule has 1 aromatic heterocycles. The van der Waals surface area contributed by atoms with Crippen molar-refractivity contribution in [2.45, 2.75) is 18.9 Å². The van der Waals surface area contributed by atoms with Gasteiger partial charge in [0.15, 0.2) is 11.3 Å². The number of urea groups is 1. The van der Waals surface area contributed by atoms with E-state index < -0.39 is 17.5 Å². The van der Waals surface area contributed by atoms with E-state index in [1.807, 2.05) is 78.9 Å². The smallest absolute Gasteiger partial charge is 0.325 e. The molecular weight excluding hydrogens is 414 g/mol. The minimum absolute atomic E-state index is 0.296. The highest BCUT2D eigenvalue weighted by Crippen LogP contribution is 2.36. The average Bonchev–Trinajstić information content (AvgIpc) is 3.40. The number of Topliss-reactive ketones (excluding diaryl/α,β-unsaturated/α-hetero) is 1. The molecule has 6 nitrogen and oxygen atoms in total. The summed E-state index contributed by atoms with van der Waals surface area (Å²) in [5.41, 5.74) is 2.39.